The van der Waals surface area contributed by atoms with Crippen LogP contribution >= 0.6 is 24.2 Å². The smallest absolute Gasteiger partial charge is 0.320 e. The molecule has 0 saturated heterocycles. The van der Waals surface area contributed by atoms with E-state index in [0.717, 1.165) is 0 Å². The first-order valence-electron chi connectivity index (χ1n) is 7.74. The van der Waals surface area contributed by atoms with Gasteiger partial charge in [-0.2, -0.15) is 0 Å². The zero-order chi connectivity index (χ0) is 16.8. The molecule has 0 bridgehead atoms. The van der Waals surface area contributed by atoms with Crippen LogP contribution < -0.4 is 5.32 Å². The molecule has 3 nitrogen and oxygen atoms in total. The van der Waals surface area contributed by atoms with Crippen LogP contribution in [0.2, 0.25) is 0 Å². The summed E-state index contributed by atoms with van der Waals surface area (Å²) in [7, 11) is 0. The van der Waals surface area contributed by atoms with E-state index in [1.807, 2.05) is 25.1 Å². The standard InChI is InChI=1S/C19H23NO2S.ClH/c1-13-9-11-16(12-10-13)18(14(2)20-15(3)19(21)22)23-17-7-5-4-6-8-17;/h4-12,14-15,18,20H,1-3H3,(H,21,22);1H/t14-,15-,18-;/m0./s1. The lowest BCUT2D eigenvalue weighted by Gasteiger charge is -2.27. The average Bonchev–Trinajstić information content (AvgIpc) is 2.54. The molecule has 24 heavy (non-hydrogen) atoms. The Morgan fingerprint density at radius 2 is 1.62 bits per heavy atom. The fraction of sp³-hybridized carbons (Fsp3) is 0.316. The van der Waals surface area contributed by atoms with Crippen LogP contribution in [0.25, 0.3) is 0 Å². The number of carbonyl (C=O) groups is 1. The molecule has 0 amide bonds. The van der Waals surface area contributed by atoms with E-state index in [-0.39, 0.29) is 23.7 Å². The van der Waals surface area contributed by atoms with Gasteiger partial charge in [0.1, 0.15) is 6.04 Å². The number of halogens is 1. The van der Waals surface area contributed by atoms with Crippen LogP contribution in [0.5, 0.6) is 0 Å². The Kier molecular flexibility index (Phi) is 8.32. The summed E-state index contributed by atoms with van der Waals surface area (Å²) in [6, 6.07) is 18.1. The number of hydrogen-bond donors (Lipinski definition) is 2. The second kappa shape index (κ2) is 9.72. The number of hydrogen-bond acceptors (Lipinski definition) is 3. The van der Waals surface area contributed by atoms with Crippen molar-refractivity contribution in [3.63, 3.8) is 0 Å². The maximum Gasteiger partial charge on any atom is 0.320 e. The van der Waals surface area contributed by atoms with Gasteiger partial charge in [0.2, 0.25) is 0 Å². The van der Waals surface area contributed by atoms with Gasteiger partial charge in [0.15, 0.2) is 0 Å². The molecular formula is C19H24ClNO2S. The van der Waals surface area contributed by atoms with Gasteiger partial charge in [-0.25, -0.2) is 0 Å². The second-order valence-electron chi connectivity index (χ2n) is 5.78. The summed E-state index contributed by atoms with van der Waals surface area (Å²) in [6.07, 6.45) is 0. The molecule has 5 heteroatoms. The molecule has 0 aromatic heterocycles. The van der Waals surface area contributed by atoms with Gasteiger partial charge in [-0.1, -0.05) is 48.0 Å². The van der Waals surface area contributed by atoms with Gasteiger partial charge in [-0.05, 0) is 38.5 Å². The minimum Gasteiger partial charge on any atom is -0.480 e. The normalized spacial score (nSPS) is 14.3. The highest BCUT2D eigenvalue weighted by atomic mass is 35.5. The molecule has 0 radical (unpaired) electrons. The highest BCUT2D eigenvalue weighted by Gasteiger charge is 2.24. The molecule has 2 rings (SSSR count). The predicted molar refractivity (Wildman–Crippen MR) is 103 cm³/mol. The Labute approximate surface area is 154 Å². The molecule has 0 fully saturated rings. The van der Waals surface area contributed by atoms with E-state index in [9.17, 15) is 4.79 Å². The zero-order valence-corrected chi connectivity index (χ0v) is 15.7. The second-order valence-corrected chi connectivity index (χ2v) is 6.99. The van der Waals surface area contributed by atoms with Crippen LogP contribution in [0.3, 0.4) is 0 Å². The lowest BCUT2D eigenvalue weighted by Crippen LogP contribution is -2.42. The van der Waals surface area contributed by atoms with Crippen LogP contribution in [-0.2, 0) is 4.79 Å². The number of aryl methyl sites for hydroxylation is 1. The van der Waals surface area contributed by atoms with E-state index < -0.39 is 12.0 Å². The van der Waals surface area contributed by atoms with E-state index in [4.69, 9.17) is 5.11 Å². The molecule has 3 atom stereocenters. The summed E-state index contributed by atoms with van der Waals surface area (Å²) in [4.78, 5) is 12.3. The van der Waals surface area contributed by atoms with Gasteiger partial charge in [-0.3, -0.25) is 4.79 Å². The van der Waals surface area contributed by atoms with Gasteiger partial charge in [0.25, 0.3) is 0 Å². The number of benzene rings is 2. The van der Waals surface area contributed by atoms with Crippen LogP contribution in [0.4, 0.5) is 0 Å². The number of carboxylic acids is 1. The highest BCUT2D eigenvalue weighted by Crippen LogP contribution is 2.37. The number of rotatable bonds is 7. The molecule has 0 saturated carbocycles. The van der Waals surface area contributed by atoms with Crippen LogP contribution in [0.1, 0.15) is 30.2 Å². The molecule has 130 valence electrons. The lowest BCUT2D eigenvalue weighted by molar-refractivity contribution is -0.139. The molecular weight excluding hydrogens is 342 g/mol. The number of nitrogens with one attached hydrogen (secondary N) is 1. The molecule has 0 aliphatic heterocycles. The summed E-state index contributed by atoms with van der Waals surface area (Å²) in [5, 5.41) is 12.5. The van der Waals surface area contributed by atoms with Gasteiger partial charge < -0.3 is 10.4 Å². The van der Waals surface area contributed by atoms with Crippen molar-refractivity contribution in [3.05, 3.63) is 65.7 Å². The first-order valence-corrected chi connectivity index (χ1v) is 8.62. The summed E-state index contributed by atoms with van der Waals surface area (Å²) in [5.41, 5.74) is 2.42. The van der Waals surface area contributed by atoms with E-state index >= 15 is 0 Å². The van der Waals surface area contributed by atoms with Gasteiger partial charge in [-0.15, -0.1) is 24.2 Å². The SMILES string of the molecule is Cc1ccc([C@@H](Sc2ccccc2)[C@H](C)N[C@@H](C)C(=O)O)cc1.Cl. The summed E-state index contributed by atoms with van der Waals surface area (Å²) >= 11 is 1.75. The predicted octanol–water partition coefficient (Wildman–Crippen LogP) is 4.70. The van der Waals surface area contributed by atoms with Crippen molar-refractivity contribution in [2.75, 3.05) is 0 Å². The van der Waals surface area contributed by atoms with Crippen LogP contribution in [0, 0.1) is 6.92 Å². The molecule has 0 aliphatic rings. The van der Waals surface area contributed by atoms with Crippen LogP contribution in [0.15, 0.2) is 59.5 Å². The Hall–Kier alpha value is -1.49. The fourth-order valence-electron chi connectivity index (χ4n) is 2.41. The van der Waals surface area contributed by atoms with E-state index in [2.05, 4.69) is 48.6 Å². The first-order chi connectivity index (χ1) is 11.0. The molecule has 2 aromatic rings. The van der Waals surface area contributed by atoms with Crippen molar-refractivity contribution < 1.29 is 9.90 Å². The van der Waals surface area contributed by atoms with Crippen molar-refractivity contribution >= 4 is 30.1 Å². The molecule has 0 unspecified atom stereocenters. The molecule has 2 N–H and O–H groups in total. The van der Waals surface area contributed by atoms with Gasteiger partial charge in [0, 0.05) is 16.2 Å². The lowest BCUT2D eigenvalue weighted by atomic mass is 10.0. The highest BCUT2D eigenvalue weighted by molar-refractivity contribution is 7.99. The average molecular weight is 366 g/mol. The molecule has 0 aliphatic carbocycles. The molecule has 2 aromatic carbocycles. The first kappa shape index (κ1) is 20.6. The summed E-state index contributed by atoms with van der Waals surface area (Å²) < 4.78 is 0. The maximum atomic E-state index is 11.1. The molecule has 0 spiro atoms. The minimum absolute atomic E-state index is 0. The number of aliphatic carboxylic acids is 1. The summed E-state index contributed by atoms with van der Waals surface area (Å²) in [6.45, 7) is 5.79. The largest absolute Gasteiger partial charge is 0.480 e. The monoisotopic (exact) mass is 365 g/mol. The van der Waals surface area contributed by atoms with E-state index in [1.165, 1.54) is 16.0 Å². The Balaban J connectivity index is 0.00000288. The Morgan fingerprint density at radius 3 is 2.17 bits per heavy atom. The van der Waals surface area contributed by atoms with Crippen molar-refractivity contribution in [2.45, 2.75) is 43.0 Å². The Bertz CT molecular complexity index is 634. The van der Waals surface area contributed by atoms with E-state index in [0.29, 0.717) is 0 Å². The van der Waals surface area contributed by atoms with Crippen molar-refractivity contribution in [3.8, 4) is 0 Å². The van der Waals surface area contributed by atoms with Gasteiger partial charge in [0.05, 0.1) is 0 Å². The van der Waals surface area contributed by atoms with Crippen LogP contribution in [-0.4, -0.2) is 23.2 Å². The maximum absolute atomic E-state index is 11.1. The zero-order valence-electron chi connectivity index (χ0n) is 14.1. The summed E-state index contributed by atoms with van der Waals surface area (Å²) in [5.74, 6) is -0.829. The van der Waals surface area contributed by atoms with Gasteiger partial charge >= 0.3 is 5.97 Å². The Morgan fingerprint density at radius 1 is 1.04 bits per heavy atom. The number of carboxylic acid groups (broad SMARTS) is 1. The van der Waals surface area contributed by atoms with Crippen molar-refractivity contribution in [2.24, 2.45) is 0 Å². The minimum atomic E-state index is -0.829. The third-order valence-corrected chi connectivity index (χ3v) is 5.23. The van der Waals surface area contributed by atoms with Crippen molar-refractivity contribution in [1.82, 2.24) is 5.32 Å². The number of thioether (sulfide) groups is 1. The van der Waals surface area contributed by atoms with E-state index in [1.54, 1.807) is 18.7 Å². The van der Waals surface area contributed by atoms with Crippen molar-refractivity contribution in [1.29, 1.82) is 0 Å². The third kappa shape index (κ3) is 5.86. The quantitative estimate of drug-likeness (QED) is 0.698. The third-order valence-electron chi connectivity index (χ3n) is 3.75. The molecule has 0 heterocycles. The topological polar surface area (TPSA) is 49.3 Å². The fourth-order valence-corrected chi connectivity index (χ4v) is 3.60.